The summed E-state index contributed by atoms with van der Waals surface area (Å²) >= 11 is 2.29. The van der Waals surface area contributed by atoms with Crippen LogP contribution in [0.1, 0.15) is 37.9 Å². The second kappa shape index (κ2) is 4.14. The summed E-state index contributed by atoms with van der Waals surface area (Å²) in [7, 11) is 0. The Morgan fingerprint density at radius 3 is 2.86 bits per heavy atom. The summed E-state index contributed by atoms with van der Waals surface area (Å²) in [6.45, 7) is 2.79. The fraction of sp³-hybridized carbons (Fsp3) is 0.778. The van der Waals surface area contributed by atoms with Crippen LogP contribution in [-0.2, 0) is 6.54 Å². The highest BCUT2D eigenvalue weighted by Gasteiger charge is 2.25. The predicted octanol–water partition coefficient (Wildman–Crippen LogP) is 1.70. The van der Waals surface area contributed by atoms with E-state index in [-0.39, 0.29) is 0 Å². The Kier molecular flexibility index (Phi) is 3.06. The van der Waals surface area contributed by atoms with Crippen molar-refractivity contribution in [2.45, 2.75) is 38.8 Å². The lowest BCUT2D eigenvalue weighted by Crippen LogP contribution is -2.10. The summed E-state index contributed by atoms with van der Waals surface area (Å²) in [5.74, 6) is 0.821. The summed E-state index contributed by atoms with van der Waals surface area (Å²) < 4.78 is 3.16. The average molecular weight is 306 g/mol. The van der Waals surface area contributed by atoms with Crippen LogP contribution in [0.3, 0.4) is 0 Å². The summed E-state index contributed by atoms with van der Waals surface area (Å²) in [6, 6.07) is 0.546. The second-order valence-corrected chi connectivity index (χ2v) is 5.07. The molecule has 2 N–H and O–H groups in total. The number of rotatable bonds is 2. The largest absolute Gasteiger partial charge is 0.325 e. The zero-order valence-electron chi connectivity index (χ0n) is 8.28. The minimum absolute atomic E-state index is 0.487. The lowest BCUT2D eigenvalue weighted by Gasteiger charge is -2.10. The first-order valence-corrected chi connectivity index (χ1v) is 6.10. The Balaban J connectivity index is 2.20. The van der Waals surface area contributed by atoms with Gasteiger partial charge >= 0.3 is 0 Å². The van der Waals surface area contributed by atoms with Crippen molar-refractivity contribution in [3.05, 3.63) is 9.39 Å². The molecule has 1 aliphatic carbocycles. The molecule has 1 heterocycles. The van der Waals surface area contributed by atoms with Gasteiger partial charge in [-0.25, -0.2) is 4.68 Å². The van der Waals surface area contributed by atoms with E-state index >= 15 is 0 Å². The summed E-state index contributed by atoms with van der Waals surface area (Å²) in [5, 5.41) is 8.27. The standard InChI is InChI=1S/C9H15IN4/c1-6-2-3-7(4-6)14-9(10)8(5-11)12-13-14/h6-7H,2-5,11H2,1H3. The van der Waals surface area contributed by atoms with Crippen LogP contribution in [-0.4, -0.2) is 15.0 Å². The van der Waals surface area contributed by atoms with Gasteiger partial charge in [0.2, 0.25) is 0 Å². The fourth-order valence-electron chi connectivity index (χ4n) is 2.07. The average Bonchev–Trinajstić information content (AvgIpc) is 2.72. The maximum atomic E-state index is 5.57. The van der Waals surface area contributed by atoms with Crippen molar-refractivity contribution < 1.29 is 0 Å². The van der Waals surface area contributed by atoms with Gasteiger partial charge in [-0.15, -0.1) is 5.10 Å². The molecule has 1 aliphatic rings. The molecule has 78 valence electrons. The minimum Gasteiger partial charge on any atom is -0.325 e. The Bertz CT molecular complexity index is 323. The summed E-state index contributed by atoms with van der Waals surface area (Å²) in [6.07, 6.45) is 3.76. The van der Waals surface area contributed by atoms with E-state index in [9.17, 15) is 0 Å². The molecule has 1 saturated carbocycles. The van der Waals surface area contributed by atoms with Crippen LogP contribution < -0.4 is 5.73 Å². The SMILES string of the molecule is CC1CCC(n2nnc(CN)c2I)C1. The fourth-order valence-corrected chi connectivity index (χ4v) is 2.89. The lowest BCUT2D eigenvalue weighted by molar-refractivity contribution is 0.431. The van der Waals surface area contributed by atoms with Crippen molar-refractivity contribution in [3.63, 3.8) is 0 Å². The summed E-state index contributed by atoms with van der Waals surface area (Å²) in [4.78, 5) is 0. The smallest absolute Gasteiger partial charge is 0.124 e. The molecule has 1 aromatic heterocycles. The molecule has 0 amide bonds. The topological polar surface area (TPSA) is 56.7 Å². The number of nitrogens with zero attached hydrogens (tertiary/aromatic N) is 3. The zero-order chi connectivity index (χ0) is 10.1. The van der Waals surface area contributed by atoms with E-state index in [1.807, 2.05) is 4.68 Å². The quantitative estimate of drug-likeness (QED) is 0.846. The highest BCUT2D eigenvalue weighted by Crippen LogP contribution is 2.34. The third-order valence-corrected chi connectivity index (χ3v) is 4.02. The van der Waals surface area contributed by atoms with Crippen molar-refractivity contribution in [1.29, 1.82) is 0 Å². The Morgan fingerprint density at radius 2 is 2.36 bits per heavy atom. The molecular formula is C9H15IN4. The van der Waals surface area contributed by atoms with Crippen LogP contribution in [0.25, 0.3) is 0 Å². The van der Waals surface area contributed by atoms with E-state index in [2.05, 4.69) is 39.8 Å². The van der Waals surface area contributed by atoms with Crippen molar-refractivity contribution in [2.75, 3.05) is 0 Å². The van der Waals surface area contributed by atoms with Gasteiger partial charge < -0.3 is 5.73 Å². The highest BCUT2D eigenvalue weighted by molar-refractivity contribution is 14.1. The molecule has 0 saturated heterocycles. The van der Waals surface area contributed by atoms with Crippen molar-refractivity contribution >= 4 is 22.6 Å². The maximum Gasteiger partial charge on any atom is 0.124 e. The zero-order valence-corrected chi connectivity index (χ0v) is 10.4. The van der Waals surface area contributed by atoms with Gasteiger partial charge in [0.25, 0.3) is 0 Å². The Hall–Kier alpha value is -0.170. The van der Waals surface area contributed by atoms with E-state index in [1.54, 1.807) is 0 Å². The molecule has 2 unspecified atom stereocenters. The number of halogens is 1. The molecule has 0 aliphatic heterocycles. The number of hydrogen-bond donors (Lipinski definition) is 1. The molecule has 14 heavy (non-hydrogen) atoms. The molecule has 4 nitrogen and oxygen atoms in total. The van der Waals surface area contributed by atoms with Gasteiger partial charge in [-0.2, -0.15) is 0 Å². The van der Waals surface area contributed by atoms with E-state index in [4.69, 9.17) is 5.73 Å². The first-order valence-electron chi connectivity index (χ1n) is 5.02. The van der Waals surface area contributed by atoms with Crippen molar-refractivity contribution in [1.82, 2.24) is 15.0 Å². The second-order valence-electron chi connectivity index (χ2n) is 4.05. The number of nitrogens with two attached hydrogens (primary N) is 1. The molecule has 1 aromatic rings. The minimum atomic E-state index is 0.487. The van der Waals surface area contributed by atoms with Gasteiger partial charge in [-0.05, 0) is 47.8 Å². The molecule has 0 bridgehead atoms. The first-order chi connectivity index (χ1) is 6.72. The van der Waals surface area contributed by atoms with E-state index in [1.165, 1.54) is 19.3 Å². The number of hydrogen-bond acceptors (Lipinski definition) is 3. The van der Waals surface area contributed by atoms with Crippen LogP contribution in [0.5, 0.6) is 0 Å². The van der Waals surface area contributed by atoms with Crippen LogP contribution >= 0.6 is 22.6 Å². The van der Waals surface area contributed by atoms with Crippen LogP contribution in [0.4, 0.5) is 0 Å². The van der Waals surface area contributed by atoms with Gasteiger partial charge in [-0.3, -0.25) is 0 Å². The highest BCUT2D eigenvalue weighted by atomic mass is 127. The first kappa shape index (κ1) is 10.4. The van der Waals surface area contributed by atoms with Crippen LogP contribution in [0, 0.1) is 9.62 Å². The molecule has 0 aromatic carbocycles. The molecule has 0 spiro atoms. The van der Waals surface area contributed by atoms with Crippen LogP contribution in [0.15, 0.2) is 0 Å². The monoisotopic (exact) mass is 306 g/mol. The van der Waals surface area contributed by atoms with Crippen molar-refractivity contribution in [2.24, 2.45) is 11.7 Å². The van der Waals surface area contributed by atoms with E-state index < -0.39 is 0 Å². The lowest BCUT2D eigenvalue weighted by atomic mass is 10.1. The van der Waals surface area contributed by atoms with E-state index in [0.717, 1.165) is 15.3 Å². The van der Waals surface area contributed by atoms with Crippen LogP contribution in [0.2, 0.25) is 0 Å². The molecule has 2 atom stereocenters. The van der Waals surface area contributed by atoms with Gasteiger partial charge in [0.15, 0.2) is 0 Å². The normalized spacial score (nSPS) is 27.1. The molecule has 5 heteroatoms. The Morgan fingerprint density at radius 1 is 1.57 bits per heavy atom. The van der Waals surface area contributed by atoms with Crippen molar-refractivity contribution in [3.8, 4) is 0 Å². The Labute approximate surface area is 97.4 Å². The summed E-state index contributed by atoms with van der Waals surface area (Å²) in [5.41, 5.74) is 6.49. The van der Waals surface area contributed by atoms with Gasteiger partial charge in [0, 0.05) is 6.54 Å². The number of aromatic nitrogens is 3. The predicted molar refractivity (Wildman–Crippen MR) is 62.7 cm³/mol. The maximum absolute atomic E-state index is 5.57. The van der Waals surface area contributed by atoms with Gasteiger partial charge in [0.1, 0.15) is 9.39 Å². The van der Waals surface area contributed by atoms with Gasteiger partial charge in [-0.1, -0.05) is 12.1 Å². The molecule has 0 radical (unpaired) electrons. The third-order valence-electron chi connectivity index (χ3n) is 2.91. The van der Waals surface area contributed by atoms with Gasteiger partial charge in [0.05, 0.1) is 6.04 Å². The molecule has 2 rings (SSSR count). The molecular weight excluding hydrogens is 291 g/mol. The third kappa shape index (κ3) is 1.79. The van der Waals surface area contributed by atoms with E-state index in [0.29, 0.717) is 12.6 Å². The molecule has 1 fully saturated rings.